The second-order valence-electron chi connectivity index (χ2n) is 3.11. The number of halogens is 1. The molecule has 5 heteroatoms. The monoisotopic (exact) mass is 229 g/mol. The third-order valence-corrected chi connectivity index (χ3v) is 2.30. The van der Waals surface area contributed by atoms with E-state index in [9.17, 15) is 9.18 Å². The highest BCUT2D eigenvalue weighted by Gasteiger charge is 2.07. The van der Waals surface area contributed by atoms with Gasteiger partial charge in [0.1, 0.15) is 0 Å². The van der Waals surface area contributed by atoms with Crippen LogP contribution in [0, 0.1) is 5.82 Å². The van der Waals surface area contributed by atoms with Crippen molar-refractivity contribution in [2.24, 2.45) is 0 Å². The van der Waals surface area contributed by atoms with E-state index >= 15 is 0 Å². The number of amides is 1. The maximum Gasteiger partial charge on any atom is 0.278 e. The van der Waals surface area contributed by atoms with Crippen LogP contribution in [0.25, 0.3) is 0 Å². The van der Waals surface area contributed by atoms with E-state index in [2.05, 4.69) is 12.6 Å². The van der Waals surface area contributed by atoms with Crippen LogP contribution in [-0.2, 0) is 6.54 Å². The number of benzene rings is 1. The van der Waals surface area contributed by atoms with Crippen molar-refractivity contribution < 1.29 is 13.9 Å². The van der Waals surface area contributed by atoms with Gasteiger partial charge in [0.15, 0.2) is 11.6 Å². The van der Waals surface area contributed by atoms with Crippen molar-refractivity contribution >= 4 is 17.9 Å². The standard InChI is InChI=1S/C10H12FNO2S/c1-12(10(13)15)6-7-3-4-9(14-2)8(11)5-7/h3-5H,6H2,1-2H3,(H,13,15). The summed E-state index contributed by atoms with van der Waals surface area (Å²) in [6.07, 6.45) is 0. The summed E-state index contributed by atoms with van der Waals surface area (Å²) < 4.78 is 18.0. The fourth-order valence-electron chi connectivity index (χ4n) is 1.15. The Bertz CT molecular complexity index is 370. The fourth-order valence-corrected chi connectivity index (χ4v) is 1.22. The molecule has 0 saturated heterocycles. The molecule has 1 aromatic rings. The number of carbonyl (C=O) groups excluding carboxylic acids is 1. The summed E-state index contributed by atoms with van der Waals surface area (Å²) in [7, 11) is 3.00. The summed E-state index contributed by atoms with van der Waals surface area (Å²) in [5, 5.41) is -0.355. The molecule has 0 aliphatic carbocycles. The Kier molecular flexibility index (Phi) is 3.96. The molecule has 3 nitrogen and oxygen atoms in total. The highest BCUT2D eigenvalue weighted by atomic mass is 32.1. The van der Waals surface area contributed by atoms with Crippen LogP contribution < -0.4 is 4.74 Å². The summed E-state index contributed by atoms with van der Waals surface area (Å²) in [4.78, 5) is 12.2. The van der Waals surface area contributed by atoms with Gasteiger partial charge in [0, 0.05) is 13.6 Å². The predicted molar refractivity (Wildman–Crippen MR) is 58.8 cm³/mol. The number of nitrogens with zero attached hydrogens (tertiary/aromatic N) is 1. The summed E-state index contributed by atoms with van der Waals surface area (Å²) in [5.74, 6) is -0.242. The van der Waals surface area contributed by atoms with Crippen LogP contribution in [0.3, 0.4) is 0 Å². The molecule has 0 N–H and O–H groups in total. The second-order valence-corrected chi connectivity index (χ2v) is 3.49. The van der Waals surface area contributed by atoms with Gasteiger partial charge in [-0.3, -0.25) is 4.79 Å². The van der Waals surface area contributed by atoms with Crippen molar-refractivity contribution in [2.75, 3.05) is 14.2 Å². The van der Waals surface area contributed by atoms with Gasteiger partial charge < -0.3 is 9.64 Å². The summed E-state index contributed by atoms with van der Waals surface area (Å²) in [6.45, 7) is 0.323. The first kappa shape index (κ1) is 11.8. The van der Waals surface area contributed by atoms with Crippen LogP contribution in [0.15, 0.2) is 18.2 Å². The first-order valence-corrected chi connectivity index (χ1v) is 4.75. The number of methoxy groups -OCH3 is 1. The average Bonchev–Trinajstić information content (AvgIpc) is 2.18. The Balaban J connectivity index is 2.79. The van der Waals surface area contributed by atoms with Crippen LogP contribution in [0.4, 0.5) is 9.18 Å². The molecule has 1 rings (SSSR count). The lowest BCUT2D eigenvalue weighted by atomic mass is 10.2. The minimum absolute atomic E-state index is 0.193. The fraction of sp³-hybridized carbons (Fsp3) is 0.300. The van der Waals surface area contributed by atoms with Gasteiger partial charge in [-0.2, -0.15) is 0 Å². The number of carbonyl (C=O) groups is 1. The maximum absolute atomic E-state index is 13.3. The van der Waals surface area contributed by atoms with Crippen molar-refractivity contribution in [3.05, 3.63) is 29.6 Å². The van der Waals surface area contributed by atoms with E-state index in [-0.39, 0.29) is 11.0 Å². The number of rotatable bonds is 3. The largest absolute Gasteiger partial charge is 0.494 e. The van der Waals surface area contributed by atoms with Gasteiger partial charge in [0.05, 0.1) is 7.11 Å². The summed E-state index contributed by atoms with van der Waals surface area (Å²) >= 11 is 3.66. The third-order valence-electron chi connectivity index (χ3n) is 1.96. The summed E-state index contributed by atoms with van der Waals surface area (Å²) in [5.41, 5.74) is 0.693. The highest BCUT2D eigenvalue weighted by Crippen LogP contribution is 2.18. The van der Waals surface area contributed by atoms with Crippen LogP contribution in [-0.4, -0.2) is 24.3 Å². The molecule has 0 unspecified atom stereocenters. The minimum atomic E-state index is -0.435. The van der Waals surface area contributed by atoms with E-state index in [0.717, 1.165) is 0 Å². The smallest absolute Gasteiger partial charge is 0.278 e. The Morgan fingerprint density at radius 2 is 2.27 bits per heavy atom. The molecule has 1 aromatic carbocycles. The Morgan fingerprint density at radius 1 is 1.60 bits per heavy atom. The second kappa shape index (κ2) is 5.02. The predicted octanol–water partition coefficient (Wildman–Crippen LogP) is 2.32. The molecule has 0 heterocycles. The third kappa shape index (κ3) is 3.13. The van der Waals surface area contributed by atoms with Crippen molar-refractivity contribution in [2.45, 2.75) is 6.54 Å². The van der Waals surface area contributed by atoms with E-state index in [1.54, 1.807) is 13.1 Å². The molecule has 0 spiro atoms. The lowest BCUT2D eigenvalue weighted by molar-refractivity contribution is 0.232. The van der Waals surface area contributed by atoms with E-state index in [0.29, 0.717) is 12.1 Å². The molecule has 15 heavy (non-hydrogen) atoms. The number of hydrogen-bond donors (Lipinski definition) is 1. The summed E-state index contributed by atoms with van der Waals surface area (Å²) in [6, 6.07) is 4.57. The highest BCUT2D eigenvalue weighted by molar-refractivity contribution is 7.96. The number of hydrogen-bond acceptors (Lipinski definition) is 2. The zero-order valence-corrected chi connectivity index (χ0v) is 9.42. The van der Waals surface area contributed by atoms with Gasteiger partial charge >= 0.3 is 0 Å². The molecule has 1 amide bonds. The zero-order chi connectivity index (χ0) is 11.4. The molecule has 0 fully saturated rings. The van der Waals surface area contributed by atoms with Crippen molar-refractivity contribution in [3.63, 3.8) is 0 Å². The van der Waals surface area contributed by atoms with E-state index in [1.165, 1.54) is 24.1 Å². The lowest BCUT2D eigenvalue weighted by Crippen LogP contribution is -2.20. The van der Waals surface area contributed by atoms with Gasteiger partial charge in [-0.25, -0.2) is 4.39 Å². The first-order chi connectivity index (χ1) is 7.04. The van der Waals surface area contributed by atoms with Crippen molar-refractivity contribution in [1.82, 2.24) is 4.90 Å². The number of ether oxygens (including phenoxy) is 1. The molecule has 0 bridgehead atoms. The van der Waals surface area contributed by atoms with E-state index < -0.39 is 5.82 Å². The van der Waals surface area contributed by atoms with Gasteiger partial charge in [0.2, 0.25) is 0 Å². The molecular weight excluding hydrogens is 217 g/mol. The molecule has 0 aliphatic rings. The zero-order valence-electron chi connectivity index (χ0n) is 8.53. The molecule has 0 saturated carbocycles. The minimum Gasteiger partial charge on any atom is -0.494 e. The molecular formula is C10H12FNO2S. The quantitative estimate of drug-likeness (QED) is 0.806. The first-order valence-electron chi connectivity index (χ1n) is 4.31. The van der Waals surface area contributed by atoms with Gasteiger partial charge in [-0.15, -0.1) is 0 Å². The van der Waals surface area contributed by atoms with Crippen LogP contribution in [0.1, 0.15) is 5.56 Å². The normalized spacial score (nSPS) is 9.87. The van der Waals surface area contributed by atoms with Crippen LogP contribution in [0.5, 0.6) is 5.75 Å². The molecule has 0 radical (unpaired) electrons. The SMILES string of the molecule is COc1ccc(CN(C)C(=O)S)cc1F. The molecule has 0 aromatic heterocycles. The van der Waals surface area contributed by atoms with E-state index in [4.69, 9.17) is 4.74 Å². The van der Waals surface area contributed by atoms with Gasteiger partial charge in [0.25, 0.3) is 5.24 Å². The van der Waals surface area contributed by atoms with Gasteiger partial charge in [-0.05, 0) is 17.7 Å². The molecule has 0 atom stereocenters. The van der Waals surface area contributed by atoms with Gasteiger partial charge in [-0.1, -0.05) is 18.7 Å². The Labute approximate surface area is 93.2 Å². The van der Waals surface area contributed by atoms with Crippen molar-refractivity contribution in [3.8, 4) is 5.75 Å². The topological polar surface area (TPSA) is 29.5 Å². The maximum atomic E-state index is 13.3. The van der Waals surface area contributed by atoms with Crippen molar-refractivity contribution in [1.29, 1.82) is 0 Å². The van der Waals surface area contributed by atoms with Crippen LogP contribution in [0.2, 0.25) is 0 Å². The average molecular weight is 229 g/mol. The number of thiol groups is 1. The van der Waals surface area contributed by atoms with Crippen LogP contribution >= 0.6 is 12.6 Å². The Hall–Kier alpha value is -1.23. The molecule has 0 aliphatic heterocycles. The Morgan fingerprint density at radius 3 is 2.73 bits per heavy atom. The lowest BCUT2D eigenvalue weighted by Gasteiger charge is -2.14. The van der Waals surface area contributed by atoms with E-state index in [1.807, 2.05) is 0 Å². The molecule has 82 valence electrons.